The van der Waals surface area contributed by atoms with Crippen molar-refractivity contribution >= 4 is 0 Å². The second-order valence-electron chi connectivity index (χ2n) is 5.48. The van der Waals surface area contributed by atoms with Gasteiger partial charge in [-0.2, -0.15) is 0 Å². The Hall–Kier alpha value is -1.26. The molecule has 0 saturated carbocycles. The van der Waals surface area contributed by atoms with Crippen LogP contribution in [-0.4, -0.2) is 26.4 Å². The van der Waals surface area contributed by atoms with Crippen molar-refractivity contribution in [1.29, 1.82) is 0 Å². The summed E-state index contributed by atoms with van der Waals surface area (Å²) in [4.78, 5) is 0. The number of fused-ring (bicyclic) bond motifs is 1. The van der Waals surface area contributed by atoms with Crippen molar-refractivity contribution in [2.24, 2.45) is 11.1 Å². The minimum atomic E-state index is 0.162. The highest BCUT2D eigenvalue weighted by molar-refractivity contribution is 5.44. The Morgan fingerprint density at radius 3 is 2.83 bits per heavy atom. The van der Waals surface area contributed by atoms with Crippen LogP contribution in [-0.2, 0) is 6.42 Å². The zero-order chi connectivity index (χ0) is 13.0. The van der Waals surface area contributed by atoms with E-state index in [0.29, 0.717) is 13.3 Å². The van der Waals surface area contributed by atoms with Crippen molar-refractivity contribution in [3.63, 3.8) is 0 Å². The number of ether oxygens (including phenoxy) is 2. The van der Waals surface area contributed by atoms with E-state index in [9.17, 15) is 0 Å². The molecule has 4 nitrogen and oxygen atoms in total. The van der Waals surface area contributed by atoms with Gasteiger partial charge in [0.2, 0.25) is 6.79 Å². The molecule has 4 heteroatoms. The summed E-state index contributed by atoms with van der Waals surface area (Å²) < 4.78 is 10.6. The number of hydrogen-bond donors (Lipinski definition) is 2. The van der Waals surface area contributed by atoms with E-state index < -0.39 is 0 Å². The molecule has 1 aliphatic heterocycles. The molecule has 3 N–H and O–H groups in total. The third-order valence-electron chi connectivity index (χ3n) is 3.18. The fourth-order valence-corrected chi connectivity index (χ4v) is 1.83. The van der Waals surface area contributed by atoms with E-state index in [1.807, 2.05) is 6.07 Å². The molecule has 1 aromatic rings. The van der Waals surface area contributed by atoms with Crippen LogP contribution < -0.4 is 20.5 Å². The fraction of sp³-hybridized carbons (Fsp3) is 0.571. The summed E-state index contributed by atoms with van der Waals surface area (Å²) in [6.45, 7) is 7.25. The minimum absolute atomic E-state index is 0.162. The van der Waals surface area contributed by atoms with Gasteiger partial charge in [0.15, 0.2) is 11.5 Å². The number of nitrogens with one attached hydrogen (secondary N) is 1. The van der Waals surface area contributed by atoms with E-state index in [0.717, 1.165) is 31.0 Å². The molecular formula is C14H22N2O2. The van der Waals surface area contributed by atoms with E-state index >= 15 is 0 Å². The molecule has 0 atom stereocenters. The number of rotatable bonds is 6. The standard InChI is InChI=1S/C14H22N2O2/c1-14(2,8-15)9-16-6-5-11-3-4-12-13(7-11)18-10-17-12/h3-4,7,16H,5-6,8-10,15H2,1-2H3. The molecular weight excluding hydrogens is 228 g/mol. The van der Waals surface area contributed by atoms with E-state index in [-0.39, 0.29) is 5.41 Å². The highest BCUT2D eigenvalue weighted by Crippen LogP contribution is 2.32. The van der Waals surface area contributed by atoms with Crippen LogP contribution in [0, 0.1) is 5.41 Å². The zero-order valence-corrected chi connectivity index (χ0v) is 11.2. The average Bonchev–Trinajstić information content (AvgIpc) is 2.82. The van der Waals surface area contributed by atoms with Crippen LogP contribution in [0.5, 0.6) is 11.5 Å². The first kappa shape index (κ1) is 13.2. The highest BCUT2D eigenvalue weighted by Gasteiger charge is 2.15. The quantitative estimate of drug-likeness (QED) is 0.752. The first-order valence-electron chi connectivity index (χ1n) is 6.40. The van der Waals surface area contributed by atoms with Gasteiger partial charge >= 0.3 is 0 Å². The maximum absolute atomic E-state index is 5.69. The van der Waals surface area contributed by atoms with Crippen LogP contribution in [0.4, 0.5) is 0 Å². The van der Waals surface area contributed by atoms with Gasteiger partial charge in [-0.05, 0) is 42.6 Å². The number of hydrogen-bond acceptors (Lipinski definition) is 4. The Morgan fingerprint density at radius 1 is 1.28 bits per heavy atom. The summed E-state index contributed by atoms with van der Waals surface area (Å²) in [7, 11) is 0. The lowest BCUT2D eigenvalue weighted by Gasteiger charge is -2.22. The first-order valence-corrected chi connectivity index (χ1v) is 6.40. The lowest BCUT2D eigenvalue weighted by Crippen LogP contribution is -2.36. The molecule has 0 amide bonds. The normalized spacial score (nSPS) is 13.9. The maximum atomic E-state index is 5.69. The van der Waals surface area contributed by atoms with Crippen molar-refractivity contribution in [2.75, 3.05) is 26.4 Å². The Morgan fingerprint density at radius 2 is 2.06 bits per heavy atom. The molecule has 1 heterocycles. The third kappa shape index (κ3) is 3.37. The largest absolute Gasteiger partial charge is 0.454 e. The molecule has 0 unspecified atom stereocenters. The predicted octanol–water partition coefficient (Wildman–Crippen LogP) is 1.53. The summed E-state index contributed by atoms with van der Waals surface area (Å²) in [6, 6.07) is 6.11. The van der Waals surface area contributed by atoms with Crippen LogP contribution in [0.2, 0.25) is 0 Å². The summed E-state index contributed by atoms with van der Waals surface area (Å²) in [5.41, 5.74) is 7.11. The molecule has 1 aromatic carbocycles. The lowest BCUT2D eigenvalue weighted by molar-refractivity contribution is 0.174. The van der Waals surface area contributed by atoms with Crippen LogP contribution >= 0.6 is 0 Å². The summed E-state index contributed by atoms with van der Waals surface area (Å²) in [6.07, 6.45) is 0.983. The Kier molecular flexibility index (Phi) is 4.09. The molecule has 2 rings (SSSR count). The molecule has 100 valence electrons. The van der Waals surface area contributed by atoms with Crippen molar-refractivity contribution < 1.29 is 9.47 Å². The second kappa shape index (κ2) is 5.59. The van der Waals surface area contributed by atoms with Gasteiger partial charge in [-0.25, -0.2) is 0 Å². The SMILES string of the molecule is CC(C)(CN)CNCCc1ccc2c(c1)OCO2. The molecule has 0 fully saturated rings. The van der Waals surface area contributed by atoms with Gasteiger partial charge in [0.05, 0.1) is 0 Å². The topological polar surface area (TPSA) is 56.5 Å². The molecule has 0 saturated heterocycles. The van der Waals surface area contributed by atoms with Gasteiger partial charge < -0.3 is 20.5 Å². The van der Waals surface area contributed by atoms with E-state index in [2.05, 4.69) is 31.3 Å². The van der Waals surface area contributed by atoms with Crippen LogP contribution in [0.25, 0.3) is 0 Å². The molecule has 0 radical (unpaired) electrons. The highest BCUT2D eigenvalue weighted by atomic mass is 16.7. The molecule has 0 spiro atoms. The number of nitrogens with two attached hydrogens (primary N) is 1. The lowest BCUT2D eigenvalue weighted by atomic mass is 9.94. The van der Waals surface area contributed by atoms with Gasteiger partial charge in [-0.15, -0.1) is 0 Å². The third-order valence-corrected chi connectivity index (χ3v) is 3.18. The van der Waals surface area contributed by atoms with Gasteiger partial charge in [0.1, 0.15) is 0 Å². The van der Waals surface area contributed by atoms with Gasteiger partial charge in [0.25, 0.3) is 0 Å². The van der Waals surface area contributed by atoms with Gasteiger partial charge in [-0.3, -0.25) is 0 Å². The smallest absolute Gasteiger partial charge is 0.231 e. The van der Waals surface area contributed by atoms with Crippen LogP contribution in [0.3, 0.4) is 0 Å². The Labute approximate surface area is 108 Å². The van der Waals surface area contributed by atoms with Crippen molar-refractivity contribution in [2.45, 2.75) is 20.3 Å². The molecule has 0 aromatic heterocycles. The monoisotopic (exact) mass is 250 g/mol. The van der Waals surface area contributed by atoms with Crippen LogP contribution in [0.1, 0.15) is 19.4 Å². The Bertz CT molecular complexity index is 405. The molecule has 1 aliphatic rings. The van der Waals surface area contributed by atoms with Crippen LogP contribution in [0.15, 0.2) is 18.2 Å². The van der Waals surface area contributed by atoms with Crippen molar-refractivity contribution in [1.82, 2.24) is 5.32 Å². The zero-order valence-electron chi connectivity index (χ0n) is 11.2. The fourth-order valence-electron chi connectivity index (χ4n) is 1.83. The summed E-state index contributed by atoms with van der Waals surface area (Å²) >= 11 is 0. The minimum Gasteiger partial charge on any atom is -0.454 e. The average molecular weight is 250 g/mol. The predicted molar refractivity (Wildman–Crippen MR) is 72.0 cm³/mol. The van der Waals surface area contributed by atoms with Gasteiger partial charge in [0, 0.05) is 6.54 Å². The molecule has 18 heavy (non-hydrogen) atoms. The van der Waals surface area contributed by atoms with Gasteiger partial charge in [-0.1, -0.05) is 19.9 Å². The van der Waals surface area contributed by atoms with E-state index in [1.54, 1.807) is 0 Å². The van der Waals surface area contributed by atoms with E-state index in [4.69, 9.17) is 15.2 Å². The summed E-state index contributed by atoms with van der Waals surface area (Å²) in [5, 5.41) is 3.44. The Balaban J connectivity index is 1.77. The number of benzene rings is 1. The second-order valence-corrected chi connectivity index (χ2v) is 5.48. The first-order chi connectivity index (χ1) is 8.61. The molecule has 0 aliphatic carbocycles. The van der Waals surface area contributed by atoms with Crippen molar-refractivity contribution in [3.05, 3.63) is 23.8 Å². The maximum Gasteiger partial charge on any atom is 0.231 e. The molecule has 0 bridgehead atoms. The summed E-state index contributed by atoms with van der Waals surface area (Å²) in [5.74, 6) is 1.70. The van der Waals surface area contributed by atoms with E-state index in [1.165, 1.54) is 5.56 Å². The van der Waals surface area contributed by atoms with Crippen molar-refractivity contribution in [3.8, 4) is 11.5 Å².